The van der Waals surface area contributed by atoms with E-state index in [1.165, 1.54) is 21.9 Å². The predicted octanol–water partition coefficient (Wildman–Crippen LogP) is 8.90. The zero-order valence-corrected chi connectivity index (χ0v) is 21.4. The summed E-state index contributed by atoms with van der Waals surface area (Å²) < 4.78 is 2.10. The Kier molecular flexibility index (Phi) is 6.41. The van der Waals surface area contributed by atoms with Crippen LogP contribution in [0.1, 0.15) is 24.5 Å². The van der Waals surface area contributed by atoms with Crippen LogP contribution in [0.25, 0.3) is 38.5 Å². The second-order valence-electron chi connectivity index (χ2n) is 9.81. The number of rotatable bonds is 6. The van der Waals surface area contributed by atoms with Crippen molar-refractivity contribution >= 4 is 39.4 Å². The normalized spacial score (nSPS) is 15.6. The maximum atomic E-state index is 8.61. The zero-order chi connectivity index (χ0) is 25.9. The number of nitrogens with one attached hydrogen (secondary N) is 1. The molecule has 0 radical (unpaired) electrons. The van der Waals surface area contributed by atoms with Gasteiger partial charge < -0.3 is 5.41 Å². The number of para-hydroxylation sites is 2. The number of fused-ring (bicyclic) bond motifs is 3. The predicted molar refractivity (Wildman–Crippen MR) is 162 cm³/mol. The van der Waals surface area contributed by atoms with Gasteiger partial charge in [-0.3, -0.25) is 4.57 Å². The van der Waals surface area contributed by atoms with Crippen LogP contribution in [-0.2, 0) is 0 Å². The van der Waals surface area contributed by atoms with Crippen LogP contribution in [0, 0.1) is 11.3 Å². The summed E-state index contributed by atoms with van der Waals surface area (Å²) in [6.45, 7) is 2.25. The Morgan fingerprint density at radius 1 is 0.816 bits per heavy atom. The second-order valence-corrected chi connectivity index (χ2v) is 9.81. The molecule has 0 saturated heterocycles. The Morgan fingerprint density at radius 3 is 2.21 bits per heavy atom. The lowest BCUT2D eigenvalue weighted by Gasteiger charge is -2.15. The molecule has 3 nitrogen and oxygen atoms in total. The highest BCUT2D eigenvalue weighted by Crippen LogP contribution is 2.30. The summed E-state index contributed by atoms with van der Waals surface area (Å²) in [4.78, 5) is 4.53. The molecular weight excluding hydrogens is 462 g/mol. The molecule has 6 rings (SSSR count). The number of aromatic nitrogens is 1. The first kappa shape index (κ1) is 23.6. The van der Waals surface area contributed by atoms with Gasteiger partial charge in [0.2, 0.25) is 0 Å². The van der Waals surface area contributed by atoms with Gasteiger partial charge in [-0.15, -0.1) is 0 Å². The van der Waals surface area contributed by atoms with Gasteiger partial charge in [0, 0.05) is 22.5 Å². The summed E-state index contributed by atoms with van der Waals surface area (Å²) in [7, 11) is 0. The molecule has 4 aromatic carbocycles. The molecular formula is C35H29N3. The maximum Gasteiger partial charge on any atom is 0.0995 e. The quantitative estimate of drug-likeness (QED) is 0.182. The van der Waals surface area contributed by atoms with E-state index in [4.69, 9.17) is 5.41 Å². The van der Waals surface area contributed by atoms with Crippen molar-refractivity contribution in [3.8, 4) is 11.1 Å². The molecule has 1 aliphatic carbocycles. The molecule has 0 aliphatic heterocycles. The molecule has 1 aliphatic rings. The van der Waals surface area contributed by atoms with Gasteiger partial charge in [0.15, 0.2) is 0 Å². The first-order chi connectivity index (χ1) is 18.7. The first-order valence-electron chi connectivity index (χ1n) is 13.0. The van der Waals surface area contributed by atoms with Gasteiger partial charge in [0.1, 0.15) is 0 Å². The average molecular weight is 492 g/mol. The molecule has 184 valence electrons. The highest BCUT2D eigenvalue weighted by molar-refractivity contribution is 6.11. The van der Waals surface area contributed by atoms with E-state index < -0.39 is 0 Å². The number of hydrogen-bond acceptors (Lipinski definition) is 2. The van der Waals surface area contributed by atoms with Gasteiger partial charge in [0.25, 0.3) is 0 Å². The summed E-state index contributed by atoms with van der Waals surface area (Å²) in [6, 6.07) is 33.6. The van der Waals surface area contributed by atoms with Gasteiger partial charge in [-0.05, 0) is 58.9 Å². The largest absolute Gasteiger partial charge is 0.300 e. The highest BCUT2D eigenvalue weighted by Gasteiger charge is 2.10. The minimum absolute atomic E-state index is 0.427. The topological polar surface area (TPSA) is 41.1 Å². The maximum absolute atomic E-state index is 8.61. The number of aliphatic imine (C=N–C) groups is 1. The van der Waals surface area contributed by atoms with E-state index in [1.807, 2.05) is 30.6 Å². The molecule has 3 heteroatoms. The van der Waals surface area contributed by atoms with Crippen molar-refractivity contribution in [3.05, 3.63) is 139 Å². The van der Waals surface area contributed by atoms with E-state index in [0.717, 1.165) is 34.1 Å². The molecule has 38 heavy (non-hydrogen) atoms. The van der Waals surface area contributed by atoms with Crippen LogP contribution in [0.5, 0.6) is 0 Å². The van der Waals surface area contributed by atoms with Crippen LogP contribution in [-0.4, -0.2) is 16.6 Å². The number of hydrogen-bond donors (Lipinski definition) is 1. The smallest absolute Gasteiger partial charge is 0.0995 e. The summed E-state index contributed by atoms with van der Waals surface area (Å²) in [5.74, 6) is 0.580. The molecule has 1 atom stereocenters. The fraction of sp³-hybridized carbons (Fsp3) is 0.0857. The van der Waals surface area contributed by atoms with Crippen LogP contribution in [0.15, 0.2) is 133 Å². The molecule has 1 N–H and O–H groups in total. The lowest BCUT2D eigenvalue weighted by molar-refractivity contribution is 0.749. The molecule has 1 aromatic heterocycles. The summed E-state index contributed by atoms with van der Waals surface area (Å²) >= 11 is 0. The van der Waals surface area contributed by atoms with Crippen LogP contribution in [0.4, 0.5) is 0 Å². The molecule has 0 amide bonds. The molecule has 1 heterocycles. The third-order valence-electron chi connectivity index (χ3n) is 7.17. The van der Waals surface area contributed by atoms with E-state index in [9.17, 15) is 0 Å². The molecule has 0 spiro atoms. The summed E-state index contributed by atoms with van der Waals surface area (Å²) in [5, 5.41) is 11.0. The third kappa shape index (κ3) is 4.67. The summed E-state index contributed by atoms with van der Waals surface area (Å²) in [6.07, 6.45) is 13.0. The van der Waals surface area contributed by atoms with E-state index in [0.29, 0.717) is 11.6 Å². The number of allylic oxidation sites excluding steroid dienone is 5. The Hall–Kier alpha value is -4.76. The van der Waals surface area contributed by atoms with Crippen LogP contribution in [0.2, 0.25) is 0 Å². The van der Waals surface area contributed by atoms with Gasteiger partial charge in [-0.25, -0.2) is 4.99 Å². The van der Waals surface area contributed by atoms with Crippen molar-refractivity contribution in [2.45, 2.75) is 13.3 Å². The lowest BCUT2D eigenvalue weighted by atomic mass is 9.90. The number of benzene rings is 4. The van der Waals surface area contributed by atoms with Gasteiger partial charge in [-0.2, -0.15) is 0 Å². The van der Waals surface area contributed by atoms with Crippen molar-refractivity contribution in [2.24, 2.45) is 10.9 Å². The minimum atomic E-state index is 0.427. The first-order valence-corrected chi connectivity index (χ1v) is 13.0. The highest BCUT2D eigenvalue weighted by atomic mass is 15.0. The van der Waals surface area contributed by atoms with Crippen molar-refractivity contribution in [1.29, 1.82) is 5.41 Å². The fourth-order valence-corrected chi connectivity index (χ4v) is 5.20. The molecule has 0 fully saturated rings. The molecule has 1 unspecified atom stereocenters. The molecule has 0 saturated carbocycles. The van der Waals surface area contributed by atoms with Crippen molar-refractivity contribution in [2.75, 3.05) is 0 Å². The van der Waals surface area contributed by atoms with E-state index >= 15 is 0 Å². The molecule has 5 aromatic rings. The standard InChI is InChI=1S/C35H29N3/c1-25-8-6-9-28(22-25)26-16-18-27(19-17-26)29-10-7-11-30(23-29)33(36)20-21-37-24-38-34-14-4-2-12-31(34)32-13-3-5-15-35(32)38/h2-21,23-25,36H,22H2,1H3/b21-20-,36-33?,37-24+. The molecule has 0 bridgehead atoms. The Bertz CT molecular complexity index is 1710. The van der Waals surface area contributed by atoms with Crippen LogP contribution >= 0.6 is 0 Å². The Balaban J connectivity index is 1.19. The zero-order valence-electron chi connectivity index (χ0n) is 21.4. The van der Waals surface area contributed by atoms with Gasteiger partial charge in [0.05, 0.1) is 23.1 Å². The van der Waals surface area contributed by atoms with E-state index in [-0.39, 0.29) is 0 Å². The SMILES string of the molecule is CC1C=CC=C(c2ccc(-c3cccc(C(=N)/C=C\N=C\n4c5ccccc5c5ccccc54)c3)cc2)C1. The van der Waals surface area contributed by atoms with E-state index in [1.54, 1.807) is 12.3 Å². The second kappa shape index (κ2) is 10.3. The van der Waals surface area contributed by atoms with E-state index in [2.05, 4.69) is 108 Å². The average Bonchev–Trinajstić information content (AvgIpc) is 3.29. The van der Waals surface area contributed by atoms with Gasteiger partial charge in [-0.1, -0.05) is 104 Å². The van der Waals surface area contributed by atoms with Crippen molar-refractivity contribution in [1.82, 2.24) is 4.57 Å². The van der Waals surface area contributed by atoms with Crippen LogP contribution < -0.4 is 0 Å². The van der Waals surface area contributed by atoms with Crippen LogP contribution in [0.3, 0.4) is 0 Å². The van der Waals surface area contributed by atoms with Crippen molar-refractivity contribution < 1.29 is 0 Å². The Morgan fingerprint density at radius 2 is 1.50 bits per heavy atom. The minimum Gasteiger partial charge on any atom is -0.300 e. The van der Waals surface area contributed by atoms with Crippen molar-refractivity contribution in [3.63, 3.8) is 0 Å². The Labute approximate surface area is 223 Å². The fourth-order valence-electron chi connectivity index (χ4n) is 5.20. The number of nitrogens with zero attached hydrogens (tertiary/aromatic N) is 2. The monoisotopic (exact) mass is 491 g/mol. The summed E-state index contributed by atoms with van der Waals surface area (Å²) in [5.41, 5.74) is 8.44. The lowest BCUT2D eigenvalue weighted by Crippen LogP contribution is -1.97. The van der Waals surface area contributed by atoms with Gasteiger partial charge >= 0.3 is 0 Å². The third-order valence-corrected chi connectivity index (χ3v) is 7.17.